The maximum Gasteiger partial charge on any atom is 0.287 e. The number of amides is 1. The van der Waals surface area contributed by atoms with E-state index in [1.54, 1.807) is 0 Å². The lowest BCUT2D eigenvalue weighted by molar-refractivity contribution is -0.385. The van der Waals surface area contributed by atoms with E-state index >= 15 is 0 Å². The quantitative estimate of drug-likeness (QED) is 0.458. The molecule has 0 radical (unpaired) electrons. The van der Waals surface area contributed by atoms with Gasteiger partial charge in [0.2, 0.25) is 5.91 Å². The number of hydrogen-bond acceptors (Lipinski definition) is 4. The normalized spacial score (nSPS) is 10.1. The van der Waals surface area contributed by atoms with Gasteiger partial charge in [0.15, 0.2) is 0 Å². The van der Waals surface area contributed by atoms with Crippen LogP contribution in [0.4, 0.5) is 11.5 Å². The summed E-state index contributed by atoms with van der Waals surface area (Å²) in [6.45, 7) is 2.11. The molecule has 6 nitrogen and oxygen atoms in total. The van der Waals surface area contributed by atoms with Gasteiger partial charge in [-0.25, -0.2) is 4.98 Å². The molecule has 0 aromatic carbocycles. The predicted molar refractivity (Wildman–Crippen MR) is 68.3 cm³/mol. The minimum atomic E-state index is -0.524. The largest absolute Gasteiger partial charge is 0.311 e. The fraction of sp³-hybridized carbons (Fsp3) is 0.500. The number of carbonyl (C=O) groups excluding carboxylic acids is 1. The summed E-state index contributed by atoms with van der Waals surface area (Å²) in [5.74, 6) is 0.244. The van der Waals surface area contributed by atoms with E-state index in [1.807, 2.05) is 0 Å². The zero-order valence-electron chi connectivity index (χ0n) is 10.4. The van der Waals surface area contributed by atoms with Crippen molar-refractivity contribution in [3.63, 3.8) is 0 Å². The Morgan fingerprint density at radius 1 is 1.39 bits per heavy atom. The summed E-state index contributed by atoms with van der Waals surface area (Å²) in [5, 5.41) is 13.0. The number of anilines is 1. The van der Waals surface area contributed by atoms with Crippen LogP contribution in [0.15, 0.2) is 18.3 Å². The Morgan fingerprint density at radius 2 is 2.17 bits per heavy atom. The molecule has 1 N–H and O–H groups in total. The van der Waals surface area contributed by atoms with Crippen LogP contribution in [0.3, 0.4) is 0 Å². The minimum Gasteiger partial charge on any atom is -0.311 e. The predicted octanol–water partition coefficient (Wildman–Crippen LogP) is 2.90. The van der Waals surface area contributed by atoms with Crippen molar-refractivity contribution in [3.05, 3.63) is 28.4 Å². The van der Waals surface area contributed by atoms with Crippen molar-refractivity contribution in [2.75, 3.05) is 5.32 Å². The number of aromatic nitrogens is 1. The van der Waals surface area contributed by atoms with Crippen molar-refractivity contribution in [2.45, 2.75) is 39.0 Å². The molecule has 0 aliphatic carbocycles. The molecule has 0 aliphatic heterocycles. The van der Waals surface area contributed by atoms with Crippen LogP contribution in [-0.2, 0) is 4.79 Å². The molecule has 0 aliphatic rings. The van der Waals surface area contributed by atoms with E-state index in [0.29, 0.717) is 12.2 Å². The third-order valence-electron chi connectivity index (χ3n) is 2.48. The molecular formula is C12H17N3O3. The average molecular weight is 251 g/mol. The maximum absolute atomic E-state index is 11.5. The Labute approximate surface area is 106 Å². The topological polar surface area (TPSA) is 85.1 Å². The molecule has 0 saturated carbocycles. The lowest BCUT2D eigenvalue weighted by Gasteiger charge is -2.03. The first-order valence-electron chi connectivity index (χ1n) is 6.03. The highest BCUT2D eigenvalue weighted by Crippen LogP contribution is 2.12. The van der Waals surface area contributed by atoms with Crippen LogP contribution < -0.4 is 5.32 Å². The number of carbonyl (C=O) groups is 1. The number of unbranched alkanes of at least 4 members (excludes halogenated alkanes) is 3. The standard InChI is InChI=1S/C12H17N3O3/c1-2-3-4-5-6-12(16)14-11-8-7-10(9-13-11)15(17)18/h7-9H,2-6H2,1H3,(H,13,14,16). The van der Waals surface area contributed by atoms with Gasteiger partial charge in [-0.1, -0.05) is 26.2 Å². The minimum absolute atomic E-state index is 0.0871. The molecule has 0 saturated heterocycles. The summed E-state index contributed by atoms with van der Waals surface area (Å²) in [4.78, 5) is 25.2. The first-order chi connectivity index (χ1) is 8.63. The van der Waals surface area contributed by atoms with Crippen LogP contribution in [0.5, 0.6) is 0 Å². The molecule has 1 rings (SSSR count). The monoisotopic (exact) mass is 251 g/mol. The number of rotatable bonds is 7. The van der Waals surface area contributed by atoms with Crippen LogP contribution in [0, 0.1) is 10.1 Å². The Hall–Kier alpha value is -1.98. The molecule has 0 spiro atoms. The second-order valence-corrected chi connectivity index (χ2v) is 4.02. The third-order valence-corrected chi connectivity index (χ3v) is 2.48. The Kier molecular flexibility index (Phi) is 5.76. The Balaban J connectivity index is 2.37. The van der Waals surface area contributed by atoms with Crippen molar-refractivity contribution >= 4 is 17.4 Å². The van der Waals surface area contributed by atoms with Crippen molar-refractivity contribution < 1.29 is 9.72 Å². The van der Waals surface area contributed by atoms with Gasteiger partial charge in [0.25, 0.3) is 5.69 Å². The van der Waals surface area contributed by atoms with Crippen LogP contribution in [0.25, 0.3) is 0 Å². The van der Waals surface area contributed by atoms with Gasteiger partial charge in [-0.05, 0) is 12.5 Å². The fourth-order valence-electron chi connectivity index (χ4n) is 1.49. The van der Waals surface area contributed by atoms with Gasteiger partial charge < -0.3 is 5.32 Å². The van der Waals surface area contributed by atoms with Gasteiger partial charge in [-0.15, -0.1) is 0 Å². The molecular weight excluding hydrogens is 234 g/mol. The highest BCUT2D eigenvalue weighted by atomic mass is 16.6. The molecule has 18 heavy (non-hydrogen) atoms. The first-order valence-corrected chi connectivity index (χ1v) is 6.03. The van der Waals surface area contributed by atoms with Crippen molar-refractivity contribution in [3.8, 4) is 0 Å². The van der Waals surface area contributed by atoms with E-state index in [0.717, 1.165) is 31.9 Å². The highest BCUT2D eigenvalue weighted by molar-refractivity contribution is 5.89. The lowest BCUT2D eigenvalue weighted by Crippen LogP contribution is -2.12. The molecule has 1 heterocycles. The molecule has 0 unspecified atom stereocenters. The smallest absolute Gasteiger partial charge is 0.287 e. The second-order valence-electron chi connectivity index (χ2n) is 4.02. The van der Waals surface area contributed by atoms with E-state index in [-0.39, 0.29) is 11.6 Å². The van der Waals surface area contributed by atoms with Crippen LogP contribution >= 0.6 is 0 Å². The van der Waals surface area contributed by atoms with Crippen molar-refractivity contribution in [2.24, 2.45) is 0 Å². The molecule has 98 valence electrons. The van der Waals surface area contributed by atoms with Gasteiger partial charge in [0.1, 0.15) is 12.0 Å². The van der Waals surface area contributed by atoms with Crippen molar-refractivity contribution in [1.29, 1.82) is 0 Å². The zero-order chi connectivity index (χ0) is 13.4. The fourth-order valence-corrected chi connectivity index (χ4v) is 1.49. The van der Waals surface area contributed by atoms with E-state index in [1.165, 1.54) is 12.1 Å². The first kappa shape index (κ1) is 14.1. The van der Waals surface area contributed by atoms with Gasteiger partial charge in [-0.2, -0.15) is 0 Å². The van der Waals surface area contributed by atoms with E-state index in [4.69, 9.17) is 0 Å². The molecule has 0 atom stereocenters. The molecule has 6 heteroatoms. The summed E-state index contributed by atoms with van der Waals surface area (Å²) >= 11 is 0. The van der Waals surface area contributed by atoms with Crippen LogP contribution in [0.1, 0.15) is 39.0 Å². The summed E-state index contributed by atoms with van der Waals surface area (Å²) in [5.41, 5.74) is -0.0871. The second kappa shape index (κ2) is 7.37. The molecule has 1 aromatic rings. The highest BCUT2D eigenvalue weighted by Gasteiger charge is 2.07. The number of pyridine rings is 1. The van der Waals surface area contributed by atoms with Crippen LogP contribution in [0.2, 0.25) is 0 Å². The Bertz CT molecular complexity index is 404. The molecule has 0 fully saturated rings. The van der Waals surface area contributed by atoms with Crippen LogP contribution in [-0.4, -0.2) is 15.8 Å². The molecule has 1 amide bonds. The lowest BCUT2D eigenvalue weighted by atomic mass is 10.1. The van der Waals surface area contributed by atoms with Gasteiger partial charge in [0.05, 0.1) is 4.92 Å². The van der Waals surface area contributed by atoms with Gasteiger partial charge in [0, 0.05) is 12.5 Å². The van der Waals surface area contributed by atoms with Gasteiger partial charge in [-0.3, -0.25) is 14.9 Å². The number of nitro groups is 1. The average Bonchev–Trinajstić information content (AvgIpc) is 2.35. The van der Waals surface area contributed by atoms with E-state index < -0.39 is 4.92 Å². The van der Waals surface area contributed by atoms with Gasteiger partial charge >= 0.3 is 0 Å². The zero-order valence-corrected chi connectivity index (χ0v) is 10.4. The molecule has 0 bridgehead atoms. The number of nitrogens with zero attached hydrogens (tertiary/aromatic N) is 2. The SMILES string of the molecule is CCCCCCC(=O)Nc1ccc([N+](=O)[O-])cn1. The Morgan fingerprint density at radius 3 is 2.72 bits per heavy atom. The van der Waals surface area contributed by atoms with Crippen molar-refractivity contribution in [1.82, 2.24) is 4.98 Å². The summed E-state index contributed by atoms with van der Waals surface area (Å²) in [6, 6.07) is 2.75. The molecule has 1 aromatic heterocycles. The third kappa shape index (κ3) is 4.90. The summed E-state index contributed by atoms with van der Waals surface area (Å²) in [6.07, 6.45) is 5.74. The summed E-state index contributed by atoms with van der Waals surface area (Å²) in [7, 11) is 0. The van der Waals surface area contributed by atoms with E-state index in [2.05, 4.69) is 17.2 Å². The van der Waals surface area contributed by atoms with E-state index in [9.17, 15) is 14.9 Å². The number of nitrogens with one attached hydrogen (secondary N) is 1. The maximum atomic E-state index is 11.5. The summed E-state index contributed by atoms with van der Waals surface area (Å²) < 4.78 is 0. The number of hydrogen-bond donors (Lipinski definition) is 1.